The Bertz CT molecular complexity index is 904. The molecule has 0 unspecified atom stereocenters. The molecule has 3 aromatic rings. The van der Waals surface area contributed by atoms with Gasteiger partial charge in [0, 0.05) is 42.3 Å². The number of rotatable bonds is 7. The second-order valence-corrected chi connectivity index (χ2v) is 6.02. The minimum atomic E-state index is -0.819. The zero-order valence-electron chi connectivity index (χ0n) is 14.8. The summed E-state index contributed by atoms with van der Waals surface area (Å²) in [6, 6.07) is 14.6. The zero-order valence-corrected chi connectivity index (χ0v) is 14.8. The Morgan fingerprint density at radius 1 is 1.19 bits per heavy atom. The van der Waals surface area contributed by atoms with Crippen LogP contribution in [0.5, 0.6) is 11.5 Å². The lowest BCUT2D eigenvalue weighted by atomic mass is 10.1. The number of amides is 1. The smallest absolute Gasteiger partial charge is 0.252 e. The van der Waals surface area contributed by atoms with Gasteiger partial charge in [-0.25, -0.2) is 0 Å². The molecule has 26 heavy (non-hydrogen) atoms. The lowest BCUT2D eigenvalue weighted by Crippen LogP contribution is -2.35. The van der Waals surface area contributed by atoms with Crippen LogP contribution in [0, 0.1) is 0 Å². The van der Waals surface area contributed by atoms with E-state index in [1.54, 1.807) is 25.3 Å². The molecule has 1 atom stereocenters. The van der Waals surface area contributed by atoms with Crippen LogP contribution in [0.1, 0.15) is 10.4 Å². The number of hydrogen-bond donors (Lipinski definition) is 2. The fourth-order valence-electron chi connectivity index (χ4n) is 2.75. The van der Waals surface area contributed by atoms with Crippen LogP contribution in [0.15, 0.2) is 54.7 Å². The normalized spacial score (nSPS) is 12.0. The molecule has 6 nitrogen and oxygen atoms in total. The number of aryl methyl sites for hydroxylation is 1. The van der Waals surface area contributed by atoms with Crippen LogP contribution >= 0.6 is 0 Å². The molecule has 0 spiro atoms. The first-order valence-corrected chi connectivity index (χ1v) is 8.35. The number of benzene rings is 2. The van der Waals surface area contributed by atoms with Crippen LogP contribution in [0.3, 0.4) is 0 Å². The first kappa shape index (κ1) is 17.8. The summed E-state index contributed by atoms with van der Waals surface area (Å²) < 4.78 is 12.6. The number of nitrogens with zero attached hydrogens (tertiary/aromatic N) is 1. The van der Waals surface area contributed by atoms with Gasteiger partial charge in [-0.3, -0.25) is 4.79 Å². The van der Waals surface area contributed by atoms with Crippen LogP contribution < -0.4 is 14.8 Å². The summed E-state index contributed by atoms with van der Waals surface area (Å²) in [4.78, 5) is 12.4. The Kier molecular flexibility index (Phi) is 5.43. The Morgan fingerprint density at radius 2 is 1.96 bits per heavy atom. The van der Waals surface area contributed by atoms with E-state index in [2.05, 4.69) is 5.32 Å². The summed E-state index contributed by atoms with van der Waals surface area (Å²) in [5.74, 6) is 1.06. The molecular weight excluding hydrogens is 332 g/mol. The van der Waals surface area contributed by atoms with Gasteiger partial charge < -0.3 is 24.5 Å². The maximum absolute atomic E-state index is 12.4. The maximum Gasteiger partial charge on any atom is 0.252 e. The molecule has 0 radical (unpaired) electrons. The van der Waals surface area contributed by atoms with Gasteiger partial charge in [0.25, 0.3) is 5.91 Å². The molecule has 0 aliphatic rings. The number of fused-ring (bicyclic) bond motifs is 1. The number of methoxy groups -OCH3 is 1. The number of hydrogen-bond acceptors (Lipinski definition) is 4. The Balaban J connectivity index is 1.55. The average molecular weight is 354 g/mol. The van der Waals surface area contributed by atoms with Crippen molar-refractivity contribution >= 4 is 16.8 Å². The predicted molar refractivity (Wildman–Crippen MR) is 99.7 cm³/mol. The fraction of sp³-hybridized carbons (Fsp3) is 0.250. The topological polar surface area (TPSA) is 72.7 Å². The van der Waals surface area contributed by atoms with Gasteiger partial charge in [-0.15, -0.1) is 0 Å². The SMILES string of the molecule is COc1cccc(OC[C@H](O)CNC(=O)c2cccc3c2ccn3C)c1. The standard InChI is InChI=1S/C20H22N2O4/c1-22-10-9-17-18(7-4-8-19(17)22)20(24)21-12-14(23)13-26-16-6-3-5-15(11-16)25-2/h3-11,14,23H,12-13H2,1-2H3,(H,21,24)/t14-/m1/s1. The summed E-state index contributed by atoms with van der Waals surface area (Å²) in [5.41, 5.74) is 1.57. The fourth-order valence-corrected chi connectivity index (χ4v) is 2.75. The molecule has 1 aromatic heterocycles. The molecule has 0 aliphatic heterocycles. The largest absolute Gasteiger partial charge is 0.497 e. The van der Waals surface area contributed by atoms with Gasteiger partial charge in [-0.05, 0) is 30.3 Å². The first-order valence-electron chi connectivity index (χ1n) is 8.35. The Morgan fingerprint density at radius 3 is 2.77 bits per heavy atom. The average Bonchev–Trinajstić information content (AvgIpc) is 3.05. The van der Waals surface area contributed by atoms with Crippen molar-refractivity contribution in [3.05, 3.63) is 60.3 Å². The van der Waals surface area contributed by atoms with Gasteiger partial charge in [-0.1, -0.05) is 12.1 Å². The summed E-state index contributed by atoms with van der Waals surface area (Å²) in [6.07, 6.45) is 1.10. The molecule has 1 amide bonds. The molecule has 2 N–H and O–H groups in total. The lowest BCUT2D eigenvalue weighted by molar-refractivity contribution is 0.0845. The third-order valence-electron chi connectivity index (χ3n) is 4.15. The third kappa shape index (κ3) is 3.97. The number of nitrogens with one attached hydrogen (secondary N) is 1. The highest BCUT2D eigenvalue weighted by Gasteiger charge is 2.13. The summed E-state index contributed by atoms with van der Waals surface area (Å²) in [7, 11) is 3.51. The number of aromatic nitrogens is 1. The summed E-state index contributed by atoms with van der Waals surface area (Å²) in [6.45, 7) is 0.176. The van der Waals surface area contributed by atoms with Crippen LogP contribution in [0.2, 0.25) is 0 Å². The molecule has 0 saturated heterocycles. The van der Waals surface area contributed by atoms with Crippen molar-refractivity contribution in [2.24, 2.45) is 7.05 Å². The molecule has 0 saturated carbocycles. The molecule has 136 valence electrons. The molecule has 0 fully saturated rings. The number of aliphatic hydroxyl groups is 1. The van der Waals surface area contributed by atoms with Gasteiger partial charge in [0.2, 0.25) is 0 Å². The van der Waals surface area contributed by atoms with E-state index in [-0.39, 0.29) is 19.1 Å². The van der Waals surface area contributed by atoms with E-state index in [4.69, 9.17) is 9.47 Å². The van der Waals surface area contributed by atoms with E-state index in [0.717, 1.165) is 10.9 Å². The zero-order chi connectivity index (χ0) is 18.5. The summed E-state index contributed by atoms with van der Waals surface area (Å²) >= 11 is 0. The van der Waals surface area contributed by atoms with Crippen molar-refractivity contribution in [1.82, 2.24) is 9.88 Å². The van der Waals surface area contributed by atoms with E-state index >= 15 is 0 Å². The minimum absolute atomic E-state index is 0.0724. The lowest BCUT2D eigenvalue weighted by Gasteiger charge is -2.14. The van der Waals surface area contributed by atoms with E-state index in [1.807, 2.05) is 48.1 Å². The number of carbonyl (C=O) groups is 1. The van der Waals surface area contributed by atoms with Crippen molar-refractivity contribution in [1.29, 1.82) is 0 Å². The molecule has 0 aliphatic carbocycles. The Hall–Kier alpha value is -2.99. The quantitative estimate of drug-likeness (QED) is 0.683. The highest BCUT2D eigenvalue weighted by Crippen LogP contribution is 2.20. The number of aliphatic hydroxyl groups excluding tert-OH is 1. The van der Waals surface area contributed by atoms with Crippen molar-refractivity contribution in [3.8, 4) is 11.5 Å². The second kappa shape index (κ2) is 7.93. The van der Waals surface area contributed by atoms with Crippen molar-refractivity contribution in [3.63, 3.8) is 0 Å². The van der Waals surface area contributed by atoms with Crippen LogP contribution in [0.4, 0.5) is 0 Å². The molecular formula is C20H22N2O4. The van der Waals surface area contributed by atoms with Crippen LogP contribution in [0.25, 0.3) is 10.9 Å². The molecule has 3 rings (SSSR count). The molecule has 1 heterocycles. The second-order valence-electron chi connectivity index (χ2n) is 6.02. The van der Waals surface area contributed by atoms with Gasteiger partial charge in [0.1, 0.15) is 24.2 Å². The van der Waals surface area contributed by atoms with Crippen molar-refractivity contribution in [2.75, 3.05) is 20.3 Å². The van der Waals surface area contributed by atoms with E-state index in [1.165, 1.54) is 0 Å². The van der Waals surface area contributed by atoms with E-state index < -0.39 is 6.10 Å². The molecule has 0 bridgehead atoms. The maximum atomic E-state index is 12.4. The Labute approximate surface area is 152 Å². The monoisotopic (exact) mass is 354 g/mol. The van der Waals surface area contributed by atoms with Gasteiger partial charge in [-0.2, -0.15) is 0 Å². The van der Waals surface area contributed by atoms with Gasteiger partial charge >= 0.3 is 0 Å². The van der Waals surface area contributed by atoms with Gasteiger partial charge in [0.05, 0.1) is 7.11 Å². The number of carbonyl (C=O) groups excluding carboxylic acids is 1. The third-order valence-corrected chi connectivity index (χ3v) is 4.15. The molecule has 6 heteroatoms. The molecule has 2 aromatic carbocycles. The number of ether oxygens (including phenoxy) is 2. The highest BCUT2D eigenvalue weighted by molar-refractivity contribution is 6.06. The van der Waals surface area contributed by atoms with Crippen LogP contribution in [-0.2, 0) is 7.05 Å². The first-order chi connectivity index (χ1) is 12.6. The van der Waals surface area contributed by atoms with E-state index in [9.17, 15) is 9.90 Å². The summed E-state index contributed by atoms with van der Waals surface area (Å²) in [5, 5.41) is 13.7. The van der Waals surface area contributed by atoms with Gasteiger partial charge in [0.15, 0.2) is 0 Å². The predicted octanol–water partition coefficient (Wildman–Crippen LogP) is 2.36. The highest BCUT2D eigenvalue weighted by atomic mass is 16.5. The van der Waals surface area contributed by atoms with Crippen LogP contribution in [-0.4, -0.2) is 41.9 Å². The van der Waals surface area contributed by atoms with Crippen molar-refractivity contribution < 1.29 is 19.4 Å². The van der Waals surface area contributed by atoms with E-state index in [0.29, 0.717) is 17.1 Å². The van der Waals surface area contributed by atoms with Crippen molar-refractivity contribution in [2.45, 2.75) is 6.10 Å². The minimum Gasteiger partial charge on any atom is -0.497 e.